The molecule has 0 aromatic carbocycles. The zero-order valence-corrected chi connectivity index (χ0v) is 19.9. The molecular formula is C23H41N3O6. The largest absolute Gasteiger partial charge is 0.481 e. The molecule has 9 nitrogen and oxygen atoms in total. The molecule has 0 aliphatic heterocycles. The first-order chi connectivity index (χ1) is 14.9. The van der Waals surface area contributed by atoms with Crippen molar-refractivity contribution in [3.05, 3.63) is 0 Å². The van der Waals surface area contributed by atoms with Crippen LogP contribution in [0.4, 0.5) is 0 Å². The van der Waals surface area contributed by atoms with Crippen molar-refractivity contribution in [3.63, 3.8) is 0 Å². The monoisotopic (exact) mass is 455 g/mol. The molecule has 5 N–H and O–H groups in total. The summed E-state index contributed by atoms with van der Waals surface area (Å²) in [6, 6.07) is -0.786. The van der Waals surface area contributed by atoms with Crippen LogP contribution in [0.3, 0.4) is 0 Å². The first-order valence-corrected chi connectivity index (χ1v) is 11.5. The minimum absolute atomic E-state index is 0.0597. The molecule has 0 aromatic heterocycles. The highest BCUT2D eigenvalue weighted by Gasteiger charge is 2.20. The Morgan fingerprint density at radius 3 is 2.03 bits per heavy atom. The van der Waals surface area contributed by atoms with Crippen molar-refractivity contribution in [3.8, 4) is 0 Å². The second-order valence-corrected chi connectivity index (χ2v) is 9.05. The van der Waals surface area contributed by atoms with Crippen molar-refractivity contribution < 1.29 is 29.1 Å². The van der Waals surface area contributed by atoms with E-state index in [1.54, 1.807) is 0 Å². The molecule has 3 amide bonds. The fourth-order valence-corrected chi connectivity index (χ4v) is 3.27. The van der Waals surface area contributed by atoms with Gasteiger partial charge in [0.1, 0.15) is 11.8 Å². The molecule has 9 heteroatoms. The van der Waals surface area contributed by atoms with Crippen molar-refractivity contribution in [1.29, 1.82) is 0 Å². The molecule has 0 aliphatic carbocycles. The van der Waals surface area contributed by atoms with Crippen molar-refractivity contribution in [2.24, 2.45) is 23.5 Å². The molecule has 184 valence electrons. The van der Waals surface area contributed by atoms with Crippen LogP contribution in [0.25, 0.3) is 0 Å². The lowest BCUT2D eigenvalue weighted by Gasteiger charge is -2.16. The van der Waals surface area contributed by atoms with Crippen LogP contribution < -0.4 is 16.4 Å². The Balaban J connectivity index is 4.14. The predicted octanol–water partition coefficient (Wildman–Crippen LogP) is 2.17. The summed E-state index contributed by atoms with van der Waals surface area (Å²) < 4.78 is 0. The van der Waals surface area contributed by atoms with Gasteiger partial charge in [-0.25, -0.2) is 0 Å². The summed E-state index contributed by atoms with van der Waals surface area (Å²) in [7, 11) is 0. The van der Waals surface area contributed by atoms with E-state index in [1.165, 1.54) is 0 Å². The first-order valence-electron chi connectivity index (χ1n) is 11.5. The molecule has 0 bridgehead atoms. The van der Waals surface area contributed by atoms with Crippen molar-refractivity contribution in [1.82, 2.24) is 10.6 Å². The number of carbonyl (C=O) groups excluding carboxylic acids is 4. The van der Waals surface area contributed by atoms with Crippen LogP contribution >= 0.6 is 0 Å². The van der Waals surface area contributed by atoms with E-state index in [9.17, 15) is 29.1 Å². The number of carboxylic acid groups (broad SMARTS) is 1. The molecule has 0 saturated heterocycles. The zero-order valence-electron chi connectivity index (χ0n) is 19.9. The molecule has 0 spiro atoms. The SMILES string of the molecule is CC(C)CC(CCC(=O)NCCCCC(NC(=O)CCCC(=O)C(C)C)C(N)=O)C(=O)O. The summed E-state index contributed by atoms with van der Waals surface area (Å²) in [5.41, 5.74) is 5.37. The number of carboxylic acids is 1. The number of unbranched alkanes of at least 4 members (excludes halogenated alkanes) is 1. The van der Waals surface area contributed by atoms with Crippen LogP contribution in [0, 0.1) is 17.8 Å². The van der Waals surface area contributed by atoms with Gasteiger partial charge in [-0.15, -0.1) is 0 Å². The van der Waals surface area contributed by atoms with E-state index in [0.717, 1.165) is 0 Å². The van der Waals surface area contributed by atoms with E-state index in [1.807, 2.05) is 27.7 Å². The Bertz CT molecular complexity index is 633. The highest BCUT2D eigenvalue weighted by Crippen LogP contribution is 2.17. The van der Waals surface area contributed by atoms with Crippen LogP contribution in [0.1, 0.15) is 85.5 Å². The summed E-state index contributed by atoms with van der Waals surface area (Å²) >= 11 is 0. The summed E-state index contributed by atoms with van der Waals surface area (Å²) in [4.78, 5) is 58.4. The number of amides is 3. The number of ketones is 1. The average Bonchev–Trinajstić information content (AvgIpc) is 2.69. The summed E-state index contributed by atoms with van der Waals surface area (Å²) in [5.74, 6) is -2.24. The Morgan fingerprint density at radius 1 is 0.844 bits per heavy atom. The van der Waals surface area contributed by atoms with Gasteiger partial charge >= 0.3 is 5.97 Å². The number of Topliss-reactive ketones (excluding diaryl/α,β-unsaturated/α-hetero) is 1. The molecular weight excluding hydrogens is 414 g/mol. The summed E-state index contributed by atoms with van der Waals surface area (Å²) in [6.07, 6.45) is 3.45. The highest BCUT2D eigenvalue weighted by atomic mass is 16.4. The molecule has 0 radical (unpaired) electrons. The quantitative estimate of drug-likeness (QED) is 0.232. The third-order valence-corrected chi connectivity index (χ3v) is 5.22. The molecule has 2 atom stereocenters. The van der Waals surface area contributed by atoms with Gasteiger partial charge in [-0.3, -0.25) is 24.0 Å². The fraction of sp³-hybridized carbons (Fsp3) is 0.783. The van der Waals surface area contributed by atoms with E-state index >= 15 is 0 Å². The molecule has 0 saturated carbocycles. The van der Waals surface area contributed by atoms with Crippen LogP contribution in [-0.4, -0.2) is 47.2 Å². The number of carbonyl (C=O) groups is 5. The number of aliphatic carboxylic acids is 1. The molecule has 2 unspecified atom stereocenters. The number of rotatable bonds is 18. The van der Waals surface area contributed by atoms with Crippen molar-refractivity contribution in [2.45, 2.75) is 91.5 Å². The number of nitrogens with two attached hydrogens (primary N) is 1. The minimum Gasteiger partial charge on any atom is -0.481 e. The lowest BCUT2D eigenvalue weighted by Crippen LogP contribution is -2.44. The van der Waals surface area contributed by atoms with Gasteiger partial charge in [0.15, 0.2) is 0 Å². The molecule has 0 heterocycles. The van der Waals surface area contributed by atoms with Gasteiger partial charge in [0.05, 0.1) is 5.92 Å². The van der Waals surface area contributed by atoms with Crippen molar-refractivity contribution >= 4 is 29.5 Å². The summed E-state index contributed by atoms with van der Waals surface area (Å²) in [5, 5.41) is 14.6. The molecule has 0 rings (SSSR count). The van der Waals surface area contributed by atoms with Gasteiger partial charge < -0.3 is 21.5 Å². The Morgan fingerprint density at radius 2 is 1.50 bits per heavy atom. The minimum atomic E-state index is -0.877. The zero-order chi connectivity index (χ0) is 24.7. The Kier molecular flexibility index (Phi) is 15.0. The molecule has 0 fully saturated rings. The maximum Gasteiger partial charge on any atom is 0.306 e. The predicted molar refractivity (Wildman–Crippen MR) is 121 cm³/mol. The van der Waals surface area contributed by atoms with E-state index in [0.29, 0.717) is 51.5 Å². The van der Waals surface area contributed by atoms with Crippen LogP contribution in [-0.2, 0) is 24.0 Å². The summed E-state index contributed by atoms with van der Waals surface area (Å²) in [6.45, 7) is 7.93. The lowest BCUT2D eigenvalue weighted by atomic mass is 9.93. The molecule has 0 aliphatic rings. The number of nitrogens with one attached hydrogen (secondary N) is 2. The van der Waals surface area contributed by atoms with Crippen LogP contribution in [0.5, 0.6) is 0 Å². The normalized spacial score (nSPS) is 12.9. The maximum atomic E-state index is 12.0. The molecule has 32 heavy (non-hydrogen) atoms. The number of hydrogen-bond acceptors (Lipinski definition) is 5. The van der Waals surface area contributed by atoms with Crippen LogP contribution in [0.15, 0.2) is 0 Å². The fourth-order valence-electron chi connectivity index (χ4n) is 3.27. The molecule has 0 aromatic rings. The standard InChI is InChI=1S/C23H41N3O6/c1-15(2)14-17(23(31)32)11-12-20(28)25-13-6-5-8-18(22(24)30)26-21(29)10-7-9-19(27)16(3)4/h15-18H,5-14H2,1-4H3,(H2,24,30)(H,25,28)(H,26,29)(H,31,32). The van der Waals surface area contributed by atoms with Gasteiger partial charge in [-0.1, -0.05) is 27.7 Å². The van der Waals surface area contributed by atoms with E-state index < -0.39 is 23.8 Å². The number of primary amides is 1. The third kappa shape index (κ3) is 14.5. The highest BCUT2D eigenvalue weighted by molar-refractivity contribution is 5.87. The third-order valence-electron chi connectivity index (χ3n) is 5.22. The van der Waals surface area contributed by atoms with Gasteiger partial charge in [-0.2, -0.15) is 0 Å². The first kappa shape index (κ1) is 29.5. The van der Waals surface area contributed by atoms with Gasteiger partial charge in [-0.05, 0) is 44.4 Å². The second kappa shape index (κ2) is 16.2. The lowest BCUT2D eigenvalue weighted by molar-refractivity contribution is -0.142. The van der Waals surface area contributed by atoms with Gasteiger partial charge in [0.25, 0.3) is 0 Å². The van der Waals surface area contributed by atoms with Gasteiger partial charge in [0.2, 0.25) is 17.7 Å². The maximum absolute atomic E-state index is 12.0. The van der Waals surface area contributed by atoms with Crippen molar-refractivity contribution in [2.75, 3.05) is 6.54 Å². The van der Waals surface area contributed by atoms with E-state index in [4.69, 9.17) is 5.73 Å². The van der Waals surface area contributed by atoms with Gasteiger partial charge in [0, 0.05) is 31.7 Å². The van der Waals surface area contributed by atoms with E-state index in [2.05, 4.69) is 10.6 Å². The van der Waals surface area contributed by atoms with Crippen LogP contribution in [0.2, 0.25) is 0 Å². The average molecular weight is 456 g/mol. The topological polar surface area (TPSA) is 156 Å². The Hall–Kier alpha value is -2.45. The smallest absolute Gasteiger partial charge is 0.306 e. The second-order valence-electron chi connectivity index (χ2n) is 9.05. The Labute approximate surface area is 191 Å². The number of hydrogen-bond donors (Lipinski definition) is 4. The van der Waals surface area contributed by atoms with E-state index in [-0.39, 0.29) is 42.3 Å².